The highest BCUT2D eigenvalue weighted by Crippen LogP contribution is 2.58. The number of rotatable bonds is 1. The number of hydrogen-bond donors (Lipinski definition) is 0. The van der Waals surface area contributed by atoms with Crippen molar-refractivity contribution in [3.05, 3.63) is 34.9 Å². The van der Waals surface area contributed by atoms with E-state index in [2.05, 4.69) is 6.07 Å². The maximum atomic E-state index is 12.6. The largest absolute Gasteiger partial charge is 0.444 e. The molecule has 5 heteroatoms. The lowest BCUT2D eigenvalue weighted by molar-refractivity contribution is 0.0190. The van der Waals surface area contributed by atoms with Gasteiger partial charge in [-0.3, -0.25) is 0 Å². The zero-order chi connectivity index (χ0) is 16.8. The van der Waals surface area contributed by atoms with Crippen LogP contribution < -0.4 is 0 Å². The third-order valence-corrected chi connectivity index (χ3v) is 4.93. The molecule has 1 saturated heterocycles. The average Bonchev–Trinajstić information content (AvgIpc) is 3.13. The molecule has 1 saturated carbocycles. The monoisotopic (exact) mass is 332 g/mol. The molecule has 2 aliphatic rings. The highest BCUT2D eigenvalue weighted by molar-refractivity contribution is 6.30. The Kier molecular flexibility index (Phi) is 3.80. The van der Waals surface area contributed by atoms with Gasteiger partial charge >= 0.3 is 6.09 Å². The van der Waals surface area contributed by atoms with Crippen LogP contribution in [0.25, 0.3) is 0 Å². The number of nitrogens with zero attached hydrogens (tertiary/aromatic N) is 2. The van der Waals surface area contributed by atoms with Crippen LogP contribution >= 0.6 is 11.6 Å². The van der Waals surface area contributed by atoms with Crippen LogP contribution in [0.15, 0.2) is 24.3 Å². The number of amides is 1. The van der Waals surface area contributed by atoms with Gasteiger partial charge in [-0.05, 0) is 51.3 Å². The Morgan fingerprint density at radius 2 is 2.13 bits per heavy atom. The van der Waals surface area contributed by atoms with Crippen LogP contribution in [0, 0.1) is 17.2 Å². The van der Waals surface area contributed by atoms with Crippen molar-refractivity contribution in [2.24, 2.45) is 5.92 Å². The number of carbonyl (C=O) groups is 1. The van der Waals surface area contributed by atoms with Gasteiger partial charge in [0.1, 0.15) is 5.60 Å². The molecule has 3 rings (SSSR count). The second-order valence-electron chi connectivity index (χ2n) is 7.46. The van der Waals surface area contributed by atoms with E-state index < -0.39 is 5.60 Å². The van der Waals surface area contributed by atoms with Crippen molar-refractivity contribution in [1.82, 2.24) is 4.90 Å². The highest BCUT2D eigenvalue weighted by atomic mass is 35.5. The molecular formula is C18H21ClN2O2. The third kappa shape index (κ3) is 2.90. The van der Waals surface area contributed by atoms with Crippen LogP contribution in [-0.2, 0) is 4.74 Å². The van der Waals surface area contributed by atoms with Crippen molar-refractivity contribution in [3.63, 3.8) is 0 Å². The van der Waals surface area contributed by atoms with E-state index in [1.54, 1.807) is 4.90 Å². The summed E-state index contributed by atoms with van der Waals surface area (Å²) in [6, 6.07) is 10.0. The van der Waals surface area contributed by atoms with Crippen LogP contribution in [0.4, 0.5) is 4.79 Å². The van der Waals surface area contributed by atoms with E-state index in [1.807, 2.05) is 45.0 Å². The van der Waals surface area contributed by atoms with Crippen LogP contribution in [0.2, 0.25) is 5.02 Å². The standard InChI is InChI=1S/C18H21ClN2O2/c1-17(2,3)23-16(22)21-11-14(12-5-4-6-13(19)9-12)15(10-20)18(21)7-8-18/h4-6,9,14-15H,7-8,11H2,1-3H3. The van der Waals surface area contributed by atoms with Gasteiger partial charge in [-0.15, -0.1) is 0 Å². The van der Waals surface area contributed by atoms with Gasteiger partial charge in [-0.2, -0.15) is 5.26 Å². The fraction of sp³-hybridized carbons (Fsp3) is 0.556. The molecule has 0 N–H and O–H groups in total. The van der Waals surface area contributed by atoms with Crippen molar-refractivity contribution < 1.29 is 9.53 Å². The zero-order valence-electron chi connectivity index (χ0n) is 13.7. The molecule has 1 spiro atoms. The lowest BCUT2D eigenvalue weighted by Gasteiger charge is -2.29. The SMILES string of the molecule is CC(C)(C)OC(=O)N1CC(c2cccc(Cl)c2)C(C#N)C12CC2. The Balaban J connectivity index is 1.90. The Bertz CT molecular complexity index is 670. The summed E-state index contributed by atoms with van der Waals surface area (Å²) in [5.41, 5.74) is 0.120. The van der Waals surface area contributed by atoms with Crippen LogP contribution in [0.3, 0.4) is 0 Å². The van der Waals surface area contributed by atoms with Crippen LogP contribution in [0.1, 0.15) is 45.1 Å². The summed E-state index contributed by atoms with van der Waals surface area (Å²) in [6.07, 6.45) is 1.41. The number of hydrogen-bond acceptors (Lipinski definition) is 3. The molecule has 122 valence electrons. The van der Waals surface area contributed by atoms with Crippen molar-refractivity contribution in [3.8, 4) is 6.07 Å². The first-order valence-corrected chi connectivity index (χ1v) is 8.30. The first kappa shape index (κ1) is 16.1. The lowest BCUT2D eigenvalue weighted by atomic mass is 9.85. The Morgan fingerprint density at radius 3 is 2.65 bits per heavy atom. The van der Waals surface area contributed by atoms with Gasteiger partial charge in [-0.25, -0.2) is 4.79 Å². The fourth-order valence-corrected chi connectivity index (χ4v) is 3.75. The summed E-state index contributed by atoms with van der Waals surface area (Å²) < 4.78 is 5.55. The second kappa shape index (κ2) is 5.42. The molecule has 4 nitrogen and oxygen atoms in total. The Hall–Kier alpha value is -1.73. The van der Waals surface area contributed by atoms with E-state index in [1.165, 1.54) is 0 Å². The second-order valence-corrected chi connectivity index (χ2v) is 7.90. The molecule has 1 aliphatic carbocycles. The maximum absolute atomic E-state index is 12.6. The van der Waals surface area contributed by atoms with E-state index in [0.29, 0.717) is 11.6 Å². The maximum Gasteiger partial charge on any atom is 0.410 e. The number of ether oxygens (including phenoxy) is 1. The molecule has 1 heterocycles. The molecule has 0 bridgehead atoms. The highest BCUT2D eigenvalue weighted by Gasteiger charge is 2.64. The molecule has 1 aliphatic heterocycles. The van der Waals surface area contributed by atoms with Gasteiger partial charge in [-0.1, -0.05) is 23.7 Å². The number of likely N-dealkylation sites (tertiary alicyclic amines) is 1. The predicted octanol–water partition coefficient (Wildman–Crippen LogP) is 4.35. The molecule has 2 fully saturated rings. The molecule has 0 aromatic heterocycles. The zero-order valence-corrected chi connectivity index (χ0v) is 14.4. The van der Waals surface area contributed by atoms with Gasteiger partial charge < -0.3 is 9.64 Å². The van der Waals surface area contributed by atoms with Gasteiger partial charge in [0.05, 0.1) is 17.5 Å². The van der Waals surface area contributed by atoms with Gasteiger partial charge in [0, 0.05) is 17.5 Å². The Morgan fingerprint density at radius 1 is 1.43 bits per heavy atom. The van der Waals surface area contributed by atoms with E-state index in [4.69, 9.17) is 16.3 Å². The number of halogens is 1. The van der Waals surface area contributed by atoms with E-state index in [-0.39, 0.29) is 23.5 Å². The molecule has 1 amide bonds. The van der Waals surface area contributed by atoms with Crippen LogP contribution in [0.5, 0.6) is 0 Å². The molecule has 1 aromatic rings. The van der Waals surface area contributed by atoms with Gasteiger partial charge in [0.2, 0.25) is 0 Å². The number of benzene rings is 1. The van der Waals surface area contributed by atoms with Gasteiger partial charge in [0.25, 0.3) is 0 Å². The molecule has 23 heavy (non-hydrogen) atoms. The van der Waals surface area contributed by atoms with Crippen molar-refractivity contribution in [2.75, 3.05) is 6.54 Å². The van der Waals surface area contributed by atoms with Crippen LogP contribution in [-0.4, -0.2) is 28.7 Å². The summed E-state index contributed by atoms with van der Waals surface area (Å²) in [5.74, 6) is -0.234. The van der Waals surface area contributed by atoms with Gasteiger partial charge in [0.15, 0.2) is 0 Å². The van der Waals surface area contributed by atoms with E-state index >= 15 is 0 Å². The summed E-state index contributed by atoms with van der Waals surface area (Å²) in [7, 11) is 0. The predicted molar refractivity (Wildman–Crippen MR) is 88.2 cm³/mol. The summed E-state index contributed by atoms with van der Waals surface area (Å²) >= 11 is 6.10. The van der Waals surface area contributed by atoms with Crippen molar-refractivity contribution >= 4 is 17.7 Å². The molecule has 1 aromatic carbocycles. The minimum Gasteiger partial charge on any atom is -0.444 e. The Labute approximate surface area is 142 Å². The van der Waals surface area contributed by atoms with E-state index in [9.17, 15) is 10.1 Å². The fourth-order valence-electron chi connectivity index (χ4n) is 3.55. The molecular weight excluding hydrogens is 312 g/mol. The molecule has 2 atom stereocenters. The van der Waals surface area contributed by atoms with E-state index in [0.717, 1.165) is 18.4 Å². The summed E-state index contributed by atoms with van der Waals surface area (Å²) in [4.78, 5) is 14.4. The third-order valence-electron chi connectivity index (χ3n) is 4.69. The number of carbonyl (C=O) groups excluding carboxylic acids is 1. The molecule has 2 unspecified atom stereocenters. The average molecular weight is 333 g/mol. The smallest absolute Gasteiger partial charge is 0.410 e. The summed E-state index contributed by atoms with van der Waals surface area (Å²) in [5, 5.41) is 10.4. The lowest BCUT2D eigenvalue weighted by Crippen LogP contribution is -2.42. The first-order chi connectivity index (χ1) is 10.8. The summed E-state index contributed by atoms with van der Waals surface area (Å²) in [6.45, 7) is 6.08. The minimum atomic E-state index is -0.538. The normalized spacial score (nSPS) is 25.3. The minimum absolute atomic E-state index is 0.0197. The number of nitriles is 1. The first-order valence-electron chi connectivity index (χ1n) is 7.92. The molecule has 0 radical (unpaired) electrons. The van der Waals surface area contributed by atoms with Crippen molar-refractivity contribution in [2.45, 2.75) is 50.7 Å². The van der Waals surface area contributed by atoms with Crippen molar-refractivity contribution in [1.29, 1.82) is 5.26 Å². The quantitative estimate of drug-likeness (QED) is 0.768. The topological polar surface area (TPSA) is 53.3 Å².